The topological polar surface area (TPSA) is 44.5 Å². The third-order valence-electron chi connectivity index (χ3n) is 2.88. The maximum Gasteiger partial charge on any atom is 0.175 e. The number of rotatable bonds is 6. The highest BCUT2D eigenvalue weighted by atomic mass is 79.9. The van der Waals surface area contributed by atoms with Gasteiger partial charge in [-0.2, -0.15) is 0 Å². The van der Waals surface area contributed by atoms with Crippen molar-refractivity contribution in [2.75, 3.05) is 6.61 Å². The minimum Gasteiger partial charge on any atom is -0.490 e. The molecule has 0 fully saturated rings. The van der Waals surface area contributed by atoms with Crippen LogP contribution < -0.4 is 15.2 Å². The monoisotopic (exact) mass is 369 g/mol. The van der Waals surface area contributed by atoms with Gasteiger partial charge in [0.15, 0.2) is 11.5 Å². The molecule has 0 radical (unpaired) electrons. The third-order valence-corrected chi connectivity index (χ3v) is 3.70. The smallest absolute Gasteiger partial charge is 0.175 e. The molecule has 0 aromatic heterocycles. The molecule has 3 nitrogen and oxygen atoms in total. The van der Waals surface area contributed by atoms with E-state index in [1.165, 1.54) is 0 Å². The zero-order chi connectivity index (χ0) is 15.2. The average Bonchev–Trinajstić information content (AvgIpc) is 2.46. The molecule has 0 aliphatic heterocycles. The summed E-state index contributed by atoms with van der Waals surface area (Å²) in [5, 5.41) is 0.693. The molecule has 112 valence electrons. The summed E-state index contributed by atoms with van der Waals surface area (Å²) in [4.78, 5) is 0. The predicted molar refractivity (Wildman–Crippen MR) is 89.0 cm³/mol. The SMILES string of the molecule is CCOc1cc(CN)cc(Br)c1OCc1cccc(Cl)c1. The van der Waals surface area contributed by atoms with E-state index in [1.54, 1.807) is 0 Å². The first-order valence-electron chi connectivity index (χ1n) is 6.66. The van der Waals surface area contributed by atoms with E-state index in [2.05, 4.69) is 15.9 Å². The summed E-state index contributed by atoms with van der Waals surface area (Å²) in [6.07, 6.45) is 0. The maximum atomic E-state index is 5.98. The van der Waals surface area contributed by atoms with E-state index >= 15 is 0 Å². The summed E-state index contributed by atoms with van der Waals surface area (Å²) < 4.78 is 12.4. The van der Waals surface area contributed by atoms with Gasteiger partial charge in [0.25, 0.3) is 0 Å². The van der Waals surface area contributed by atoms with Crippen molar-refractivity contribution in [1.29, 1.82) is 0 Å². The van der Waals surface area contributed by atoms with Gasteiger partial charge in [-0.1, -0.05) is 23.7 Å². The molecular weight excluding hydrogens is 354 g/mol. The molecule has 0 bridgehead atoms. The van der Waals surface area contributed by atoms with Crippen LogP contribution in [0.15, 0.2) is 40.9 Å². The first-order chi connectivity index (χ1) is 10.1. The molecule has 5 heteroatoms. The average molecular weight is 371 g/mol. The molecule has 0 saturated carbocycles. The van der Waals surface area contributed by atoms with Crippen LogP contribution in [0.4, 0.5) is 0 Å². The molecular formula is C16H17BrClNO2. The second-order valence-corrected chi connectivity index (χ2v) is 5.75. The number of hydrogen-bond donors (Lipinski definition) is 1. The summed E-state index contributed by atoms with van der Waals surface area (Å²) in [5.41, 5.74) is 7.67. The highest BCUT2D eigenvalue weighted by Gasteiger charge is 2.12. The number of nitrogens with two attached hydrogens (primary N) is 1. The van der Waals surface area contributed by atoms with Gasteiger partial charge in [0.2, 0.25) is 0 Å². The molecule has 0 aliphatic carbocycles. The Morgan fingerprint density at radius 2 is 1.95 bits per heavy atom. The van der Waals surface area contributed by atoms with Gasteiger partial charge in [-0.25, -0.2) is 0 Å². The van der Waals surface area contributed by atoms with Gasteiger partial charge in [-0.05, 0) is 58.2 Å². The van der Waals surface area contributed by atoms with Gasteiger partial charge in [0.05, 0.1) is 11.1 Å². The summed E-state index contributed by atoms with van der Waals surface area (Å²) in [6, 6.07) is 11.4. The first-order valence-corrected chi connectivity index (χ1v) is 7.83. The van der Waals surface area contributed by atoms with E-state index in [4.69, 9.17) is 26.8 Å². The molecule has 2 aromatic carbocycles. The van der Waals surface area contributed by atoms with Crippen molar-refractivity contribution >= 4 is 27.5 Å². The van der Waals surface area contributed by atoms with Crippen LogP contribution in [0.5, 0.6) is 11.5 Å². The summed E-state index contributed by atoms with van der Waals surface area (Å²) >= 11 is 9.49. The fourth-order valence-electron chi connectivity index (χ4n) is 1.92. The Balaban J connectivity index is 2.22. The molecule has 0 heterocycles. The second kappa shape index (κ2) is 7.69. The molecule has 0 amide bonds. The highest BCUT2D eigenvalue weighted by Crippen LogP contribution is 2.37. The van der Waals surface area contributed by atoms with Crippen LogP contribution in [0.25, 0.3) is 0 Å². The summed E-state index contributed by atoms with van der Waals surface area (Å²) in [7, 11) is 0. The van der Waals surface area contributed by atoms with Gasteiger partial charge in [0, 0.05) is 11.6 Å². The Labute approximate surface area is 138 Å². The van der Waals surface area contributed by atoms with Gasteiger partial charge >= 0.3 is 0 Å². The zero-order valence-electron chi connectivity index (χ0n) is 11.7. The Hall–Kier alpha value is -1.23. The minimum atomic E-state index is 0.418. The zero-order valence-corrected chi connectivity index (χ0v) is 14.1. The highest BCUT2D eigenvalue weighted by molar-refractivity contribution is 9.10. The second-order valence-electron chi connectivity index (χ2n) is 4.46. The van der Waals surface area contributed by atoms with E-state index in [0.717, 1.165) is 15.6 Å². The number of benzene rings is 2. The molecule has 0 saturated heterocycles. The van der Waals surface area contributed by atoms with E-state index < -0.39 is 0 Å². The van der Waals surface area contributed by atoms with Crippen LogP contribution in [0, 0.1) is 0 Å². The molecule has 0 unspecified atom stereocenters. The van der Waals surface area contributed by atoms with Crippen LogP contribution in [-0.4, -0.2) is 6.61 Å². The van der Waals surface area contributed by atoms with Crippen molar-refractivity contribution in [3.05, 3.63) is 57.0 Å². The van der Waals surface area contributed by atoms with Gasteiger partial charge in [0.1, 0.15) is 6.61 Å². The molecule has 0 spiro atoms. The van der Waals surface area contributed by atoms with Crippen LogP contribution in [-0.2, 0) is 13.2 Å². The normalized spacial score (nSPS) is 10.5. The van der Waals surface area contributed by atoms with Gasteiger partial charge in [-0.3, -0.25) is 0 Å². The van der Waals surface area contributed by atoms with Gasteiger partial charge < -0.3 is 15.2 Å². The number of halogens is 2. The van der Waals surface area contributed by atoms with E-state index in [0.29, 0.717) is 36.3 Å². The van der Waals surface area contributed by atoms with Crippen molar-refractivity contribution < 1.29 is 9.47 Å². The lowest BCUT2D eigenvalue weighted by Crippen LogP contribution is -2.03. The molecule has 0 aliphatic rings. The fraction of sp³-hybridized carbons (Fsp3) is 0.250. The van der Waals surface area contributed by atoms with Crippen LogP contribution >= 0.6 is 27.5 Å². The Kier molecular flexibility index (Phi) is 5.91. The first kappa shape index (κ1) is 16.1. The maximum absolute atomic E-state index is 5.98. The van der Waals surface area contributed by atoms with Crippen molar-refractivity contribution in [2.45, 2.75) is 20.1 Å². The van der Waals surface area contributed by atoms with Crippen molar-refractivity contribution in [3.8, 4) is 11.5 Å². The van der Waals surface area contributed by atoms with Crippen molar-refractivity contribution in [2.24, 2.45) is 5.73 Å². The Morgan fingerprint density at radius 1 is 1.14 bits per heavy atom. The minimum absolute atomic E-state index is 0.418. The number of ether oxygens (including phenoxy) is 2. The standard InChI is InChI=1S/C16H17BrClNO2/c1-2-20-15-8-12(9-19)7-14(17)16(15)21-10-11-4-3-5-13(18)6-11/h3-8H,2,9-10,19H2,1H3. The molecule has 2 N–H and O–H groups in total. The molecule has 2 aromatic rings. The van der Waals surface area contributed by atoms with E-state index in [-0.39, 0.29) is 0 Å². The lowest BCUT2D eigenvalue weighted by Gasteiger charge is -2.15. The lowest BCUT2D eigenvalue weighted by molar-refractivity contribution is 0.267. The molecule has 21 heavy (non-hydrogen) atoms. The Morgan fingerprint density at radius 3 is 2.62 bits per heavy atom. The quantitative estimate of drug-likeness (QED) is 0.812. The van der Waals surface area contributed by atoms with Crippen LogP contribution in [0.3, 0.4) is 0 Å². The fourth-order valence-corrected chi connectivity index (χ4v) is 2.74. The van der Waals surface area contributed by atoms with Crippen molar-refractivity contribution in [1.82, 2.24) is 0 Å². The lowest BCUT2D eigenvalue weighted by atomic mass is 10.2. The predicted octanol–water partition coefficient (Wildman–Crippen LogP) is 4.54. The van der Waals surface area contributed by atoms with Crippen LogP contribution in [0.2, 0.25) is 5.02 Å². The Bertz CT molecular complexity index is 619. The third kappa shape index (κ3) is 4.37. The van der Waals surface area contributed by atoms with Gasteiger partial charge in [-0.15, -0.1) is 0 Å². The summed E-state index contributed by atoms with van der Waals surface area (Å²) in [6.45, 7) is 3.37. The van der Waals surface area contributed by atoms with E-state index in [9.17, 15) is 0 Å². The molecule has 2 rings (SSSR count). The largest absolute Gasteiger partial charge is 0.490 e. The summed E-state index contributed by atoms with van der Waals surface area (Å²) in [5.74, 6) is 1.36. The molecule has 0 atom stereocenters. The van der Waals surface area contributed by atoms with Crippen molar-refractivity contribution in [3.63, 3.8) is 0 Å². The number of hydrogen-bond acceptors (Lipinski definition) is 3. The van der Waals surface area contributed by atoms with E-state index in [1.807, 2.05) is 43.3 Å². The van der Waals surface area contributed by atoms with Crippen LogP contribution in [0.1, 0.15) is 18.1 Å².